The lowest BCUT2D eigenvalue weighted by atomic mass is 10.3. The van der Waals surface area contributed by atoms with Crippen LogP contribution in [0.5, 0.6) is 0 Å². The summed E-state index contributed by atoms with van der Waals surface area (Å²) in [6.45, 7) is 0. The van der Waals surface area contributed by atoms with Gasteiger partial charge in [-0.2, -0.15) is 0 Å². The van der Waals surface area contributed by atoms with E-state index >= 15 is 0 Å². The number of carboxylic acids is 1. The molecule has 0 aliphatic rings. The average molecular weight is 204 g/mol. The number of para-hydroxylation sites is 1. The van der Waals surface area contributed by atoms with Crippen LogP contribution in [-0.4, -0.2) is 26.1 Å². The lowest BCUT2D eigenvalue weighted by molar-refractivity contribution is 0.0691. The second-order valence-corrected chi connectivity index (χ2v) is 2.86. The third kappa shape index (κ3) is 1.64. The normalized spacial score (nSPS) is 10.1. The summed E-state index contributed by atoms with van der Waals surface area (Å²) in [6.07, 6.45) is 0. The number of nitrogens with zero attached hydrogens (tertiary/aromatic N) is 3. The first-order chi connectivity index (χ1) is 7.18. The van der Waals surface area contributed by atoms with Gasteiger partial charge in [-0.05, 0) is 12.1 Å². The van der Waals surface area contributed by atoms with Crippen molar-refractivity contribution < 1.29 is 9.90 Å². The maximum atomic E-state index is 10.7. The molecule has 1 heterocycles. The third-order valence-corrected chi connectivity index (χ3v) is 1.83. The zero-order chi connectivity index (χ0) is 10.8. The Bertz CT molecular complexity index is 492. The summed E-state index contributed by atoms with van der Waals surface area (Å²) in [6, 6.07) is 8.95. The fraction of sp³-hybridized carbons (Fsp3) is 0. The van der Waals surface area contributed by atoms with E-state index in [9.17, 15) is 4.79 Å². The van der Waals surface area contributed by atoms with Crippen LogP contribution in [0.25, 0.3) is 5.69 Å². The molecule has 0 spiro atoms. The summed E-state index contributed by atoms with van der Waals surface area (Å²) < 4.78 is 0. The van der Waals surface area contributed by atoms with Crippen molar-refractivity contribution in [2.45, 2.75) is 0 Å². The number of hydrogen-bond acceptors (Lipinski definition) is 4. The third-order valence-electron chi connectivity index (χ3n) is 1.83. The molecular formula is C9H8N4O2. The largest absolute Gasteiger partial charge is 0.476 e. The van der Waals surface area contributed by atoms with Gasteiger partial charge < -0.3 is 10.8 Å². The Balaban J connectivity index is 2.48. The predicted octanol–water partition coefficient (Wildman–Crippen LogP) is 0.548. The van der Waals surface area contributed by atoms with E-state index in [1.807, 2.05) is 6.07 Å². The predicted molar refractivity (Wildman–Crippen MR) is 52.7 cm³/mol. The van der Waals surface area contributed by atoms with Crippen molar-refractivity contribution in [2.75, 3.05) is 5.73 Å². The Hall–Kier alpha value is -2.37. The SMILES string of the molecule is Nc1nn(-c2ccccc2)nc1C(=O)O. The Morgan fingerprint density at radius 2 is 1.93 bits per heavy atom. The van der Waals surface area contributed by atoms with Crippen LogP contribution < -0.4 is 5.73 Å². The first kappa shape index (κ1) is 9.20. The summed E-state index contributed by atoms with van der Waals surface area (Å²) in [4.78, 5) is 11.9. The Labute approximate surface area is 84.9 Å². The van der Waals surface area contributed by atoms with Crippen LogP contribution in [0.4, 0.5) is 5.82 Å². The minimum atomic E-state index is -1.19. The van der Waals surface area contributed by atoms with E-state index in [-0.39, 0.29) is 11.5 Å². The van der Waals surface area contributed by atoms with Crippen molar-refractivity contribution >= 4 is 11.8 Å². The lowest BCUT2D eigenvalue weighted by Gasteiger charge is -1.96. The highest BCUT2D eigenvalue weighted by Gasteiger charge is 2.15. The topological polar surface area (TPSA) is 94.0 Å². The Morgan fingerprint density at radius 1 is 1.27 bits per heavy atom. The summed E-state index contributed by atoms with van der Waals surface area (Å²) in [5, 5.41) is 16.3. The minimum absolute atomic E-state index is 0.0913. The molecule has 0 aliphatic carbocycles. The number of anilines is 1. The molecule has 0 amide bonds. The molecule has 0 bridgehead atoms. The standard InChI is InChI=1S/C9H8N4O2/c10-8-7(9(14)15)11-13(12-8)6-4-2-1-3-5-6/h1-5H,(H2,10,12)(H,14,15). The van der Waals surface area contributed by atoms with Crippen molar-refractivity contribution in [1.29, 1.82) is 0 Å². The number of nitrogens with two attached hydrogens (primary N) is 1. The quantitative estimate of drug-likeness (QED) is 0.744. The second kappa shape index (κ2) is 3.41. The zero-order valence-corrected chi connectivity index (χ0v) is 7.66. The van der Waals surface area contributed by atoms with Crippen molar-refractivity contribution in [2.24, 2.45) is 0 Å². The van der Waals surface area contributed by atoms with Gasteiger partial charge in [0.2, 0.25) is 5.69 Å². The van der Waals surface area contributed by atoms with Crippen LogP contribution in [0.1, 0.15) is 10.5 Å². The van der Waals surface area contributed by atoms with Gasteiger partial charge in [-0.25, -0.2) is 4.79 Å². The smallest absolute Gasteiger partial charge is 0.360 e. The monoisotopic (exact) mass is 204 g/mol. The molecule has 0 radical (unpaired) electrons. The molecule has 0 unspecified atom stereocenters. The van der Waals surface area contributed by atoms with Crippen LogP contribution in [0.15, 0.2) is 30.3 Å². The maximum absolute atomic E-state index is 10.7. The number of carbonyl (C=O) groups is 1. The number of benzene rings is 1. The summed E-state index contributed by atoms with van der Waals surface area (Å²) in [5.41, 5.74) is 5.83. The van der Waals surface area contributed by atoms with Gasteiger partial charge in [-0.1, -0.05) is 18.2 Å². The number of carboxylic acid groups (broad SMARTS) is 1. The molecule has 0 fully saturated rings. The Morgan fingerprint density at radius 3 is 2.47 bits per heavy atom. The van der Waals surface area contributed by atoms with Gasteiger partial charge in [0.25, 0.3) is 0 Å². The van der Waals surface area contributed by atoms with Gasteiger partial charge in [-0.15, -0.1) is 15.0 Å². The Kier molecular flexibility index (Phi) is 2.09. The lowest BCUT2D eigenvalue weighted by Crippen LogP contribution is -2.02. The molecular weight excluding hydrogens is 196 g/mol. The van der Waals surface area contributed by atoms with Crippen LogP contribution in [0.3, 0.4) is 0 Å². The maximum Gasteiger partial charge on any atom is 0.360 e. The van der Waals surface area contributed by atoms with Crippen LogP contribution in [0, 0.1) is 0 Å². The summed E-state index contributed by atoms with van der Waals surface area (Å²) >= 11 is 0. The molecule has 15 heavy (non-hydrogen) atoms. The highest BCUT2D eigenvalue weighted by Crippen LogP contribution is 2.09. The number of aromatic carboxylic acids is 1. The van der Waals surface area contributed by atoms with Crippen molar-refractivity contribution in [1.82, 2.24) is 15.0 Å². The summed E-state index contributed by atoms with van der Waals surface area (Å²) in [5.74, 6) is -1.28. The van der Waals surface area contributed by atoms with Gasteiger partial charge in [-0.3, -0.25) is 0 Å². The van der Waals surface area contributed by atoms with Crippen molar-refractivity contribution in [3.05, 3.63) is 36.0 Å². The van der Waals surface area contributed by atoms with Crippen molar-refractivity contribution in [3.63, 3.8) is 0 Å². The fourth-order valence-electron chi connectivity index (χ4n) is 1.15. The van der Waals surface area contributed by atoms with E-state index in [4.69, 9.17) is 10.8 Å². The number of nitrogen functional groups attached to an aromatic ring is 1. The molecule has 6 heteroatoms. The molecule has 76 valence electrons. The van der Waals surface area contributed by atoms with Crippen molar-refractivity contribution in [3.8, 4) is 5.69 Å². The number of hydrogen-bond donors (Lipinski definition) is 2. The van der Waals surface area contributed by atoms with Crippen LogP contribution in [0.2, 0.25) is 0 Å². The van der Waals surface area contributed by atoms with Gasteiger partial charge in [0.15, 0.2) is 5.82 Å². The van der Waals surface area contributed by atoms with E-state index in [0.717, 1.165) is 0 Å². The molecule has 3 N–H and O–H groups in total. The van der Waals surface area contributed by atoms with Crippen LogP contribution in [-0.2, 0) is 0 Å². The molecule has 1 aromatic heterocycles. The van der Waals surface area contributed by atoms with E-state index < -0.39 is 5.97 Å². The molecule has 0 atom stereocenters. The molecule has 2 aromatic rings. The van der Waals surface area contributed by atoms with Gasteiger partial charge in [0.1, 0.15) is 0 Å². The first-order valence-electron chi connectivity index (χ1n) is 4.20. The molecule has 1 aromatic carbocycles. The molecule has 6 nitrogen and oxygen atoms in total. The average Bonchev–Trinajstić information content (AvgIpc) is 2.62. The number of rotatable bonds is 2. The van der Waals surface area contributed by atoms with E-state index in [1.54, 1.807) is 24.3 Å². The highest BCUT2D eigenvalue weighted by molar-refractivity contribution is 5.90. The van der Waals surface area contributed by atoms with Gasteiger partial charge >= 0.3 is 5.97 Å². The first-order valence-corrected chi connectivity index (χ1v) is 4.20. The highest BCUT2D eigenvalue weighted by atomic mass is 16.4. The second-order valence-electron chi connectivity index (χ2n) is 2.86. The van der Waals surface area contributed by atoms with Crippen LogP contribution >= 0.6 is 0 Å². The number of aromatic nitrogens is 3. The molecule has 0 saturated heterocycles. The molecule has 0 saturated carbocycles. The van der Waals surface area contributed by atoms with E-state index in [0.29, 0.717) is 5.69 Å². The van der Waals surface area contributed by atoms with E-state index in [1.165, 1.54) is 4.80 Å². The van der Waals surface area contributed by atoms with Gasteiger partial charge in [0, 0.05) is 0 Å². The van der Waals surface area contributed by atoms with Gasteiger partial charge in [0.05, 0.1) is 5.69 Å². The fourth-order valence-corrected chi connectivity index (χ4v) is 1.15. The minimum Gasteiger partial charge on any atom is -0.476 e. The van der Waals surface area contributed by atoms with E-state index in [2.05, 4.69) is 10.2 Å². The molecule has 0 aliphatic heterocycles. The molecule has 2 rings (SSSR count). The summed E-state index contributed by atoms with van der Waals surface area (Å²) in [7, 11) is 0. The zero-order valence-electron chi connectivity index (χ0n) is 7.66.